The summed E-state index contributed by atoms with van der Waals surface area (Å²) < 4.78 is 0. The molecule has 0 radical (unpaired) electrons. The minimum atomic E-state index is -0.221. The number of amides is 2. The van der Waals surface area contributed by atoms with Crippen molar-refractivity contribution in [2.75, 3.05) is 19.3 Å². The zero-order valence-electron chi connectivity index (χ0n) is 9.12. The summed E-state index contributed by atoms with van der Waals surface area (Å²) in [6, 6.07) is 7.10. The molecule has 0 spiro atoms. The number of nitrogen functional groups attached to an aromatic ring is 1. The molecular weight excluding hydrogens is 206 g/mol. The first kappa shape index (κ1) is 12.0. The average Bonchev–Trinajstić information content (AvgIpc) is 2.26. The second-order valence-corrected chi connectivity index (χ2v) is 3.37. The van der Waals surface area contributed by atoms with Gasteiger partial charge in [-0.05, 0) is 17.7 Å². The zero-order chi connectivity index (χ0) is 12.0. The molecule has 86 valence electrons. The normalized spacial score (nSPS) is 9.56. The maximum Gasteiger partial charge on any atom is 0.239 e. The third-order valence-electron chi connectivity index (χ3n) is 2.04. The fraction of sp³-hybridized carbons (Fsp3) is 0.273. The lowest BCUT2D eigenvalue weighted by atomic mass is 10.1. The monoisotopic (exact) mass is 221 g/mol. The van der Waals surface area contributed by atoms with Crippen molar-refractivity contribution in [3.63, 3.8) is 0 Å². The number of carbonyl (C=O) groups excluding carboxylic acids is 2. The second-order valence-electron chi connectivity index (χ2n) is 3.37. The average molecular weight is 221 g/mol. The van der Waals surface area contributed by atoms with E-state index in [1.807, 2.05) is 6.07 Å². The molecule has 0 fully saturated rings. The Balaban J connectivity index is 2.43. The Bertz CT molecular complexity index is 391. The lowest BCUT2D eigenvalue weighted by Gasteiger charge is -2.04. The smallest absolute Gasteiger partial charge is 0.239 e. The van der Waals surface area contributed by atoms with Gasteiger partial charge in [-0.3, -0.25) is 9.59 Å². The fourth-order valence-electron chi connectivity index (χ4n) is 1.22. The molecule has 16 heavy (non-hydrogen) atoms. The van der Waals surface area contributed by atoms with Crippen molar-refractivity contribution in [3.05, 3.63) is 29.8 Å². The molecule has 1 aromatic rings. The first-order valence-electron chi connectivity index (χ1n) is 4.93. The van der Waals surface area contributed by atoms with Crippen LogP contribution in [0.1, 0.15) is 5.56 Å². The van der Waals surface area contributed by atoms with Gasteiger partial charge < -0.3 is 16.4 Å². The predicted octanol–water partition coefficient (Wildman–Crippen LogP) is -0.326. The highest BCUT2D eigenvalue weighted by Crippen LogP contribution is 2.06. The molecule has 0 saturated heterocycles. The quantitative estimate of drug-likeness (QED) is 0.609. The highest BCUT2D eigenvalue weighted by molar-refractivity contribution is 5.85. The van der Waals surface area contributed by atoms with Crippen molar-refractivity contribution in [2.24, 2.45) is 0 Å². The molecule has 0 bridgehead atoms. The Morgan fingerprint density at radius 2 is 2.06 bits per heavy atom. The predicted molar refractivity (Wildman–Crippen MR) is 61.6 cm³/mol. The van der Waals surface area contributed by atoms with Crippen LogP contribution in [0.2, 0.25) is 0 Å². The van der Waals surface area contributed by atoms with Crippen molar-refractivity contribution in [3.8, 4) is 0 Å². The van der Waals surface area contributed by atoms with Gasteiger partial charge in [-0.15, -0.1) is 0 Å². The van der Waals surface area contributed by atoms with Crippen LogP contribution >= 0.6 is 0 Å². The summed E-state index contributed by atoms with van der Waals surface area (Å²) in [6.45, 7) is -0.00233. The number of nitrogens with one attached hydrogen (secondary N) is 2. The summed E-state index contributed by atoms with van der Waals surface area (Å²) in [7, 11) is 1.52. The van der Waals surface area contributed by atoms with Crippen LogP contribution in [0, 0.1) is 0 Å². The van der Waals surface area contributed by atoms with E-state index in [0.717, 1.165) is 5.56 Å². The van der Waals surface area contributed by atoms with Crippen LogP contribution in [0.5, 0.6) is 0 Å². The SMILES string of the molecule is CNC(=O)CNC(=O)Cc1cccc(N)c1. The van der Waals surface area contributed by atoms with Gasteiger partial charge in [0, 0.05) is 12.7 Å². The number of hydrogen-bond donors (Lipinski definition) is 3. The Kier molecular flexibility index (Phi) is 4.32. The second kappa shape index (κ2) is 5.75. The van der Waals surface area contributed by atoms with Crippen LogP contribution < -0.4 is 16.4 Å². The molecule has 0 aromatic heterocycles. The summed E-state index contributed by atoms with van der Waals surface area (Å²) in [5.41, 5.74) is 7.03. The van der Waals surface area contributed by atoms with E-state index in [4.69, 9.17) is 5.73 Å². The molecule has 0 heterocycles. The van der Waals surface area contributed by atoms with Crippen molar-refractivity contribution in [1.29, 1.82) is 0 Å². The van der Waals surface area contributed by atoms with Gasteiger partial charge in [0.15, 0.2) is 0 Å². The topological polar surface area (TPSA) is 84.2 Å². The molecule has 0 unspecified atom stereocenters. The molecular formula is C11H15N3O2. The van der Waals surface area contributed by atoms with Gasteiger partial charge in [-0.2, -0.15) is 0 Å². The van der Waals surface area contributed by atoms with Crippen molar-refractivity contribution in [1.82, 2.24) is 10.6 Å². The van der Waals surface area contributed by atoms with Gasteiger partial charge in [0.05, 0.1) is 13.0 Å². The maximum atomic E-state index is 11.4. The fourth-order valence-corrected chi connectivity index (χ4v) is 1.22. The number of anilines is 1. The van der Waals surface area contributed by atoms with Crippen molar-refractivity contribution >= 4 is 17.5 Å². The molecule has 2 amide bonds. The number of carbonyl (C=O) groups is 2. The van der Waals surface area contributed by atoms with Crippen LogP contribution in [0.3, 0.4) is 0 Å². The van der Waals surface area contributed by atoms with Gasteiger partial charge in [0.1, 0.15) is 0 Å². The van der Waals surface area contributed by atoms with E-state index in [2.05, 4.69) is 10.6 Å². The number of hydrogen-bond acceptors (Lipinski definition) is 3. The van der Waals surface area contributed by atoms with Crippen LogP contribution in [-0.2, 0) is 16.0 Å². The highest BCUT2D eigenvalue weighted by Gasteiger charge is 2.05. The van der Waals surface area contributed by atoms with E-state index in [0.29, 0.717) is 5.69 Å². The van der Waals surface area contributed by atoms with E-state index < -0.39 is 0 Å². The van der Waals surface area contributed by atoms with E-state index in [9.17, 15) is 9.59 Å². The van der Waals surface area contributed by atoms with E-state index in [1.54, 1.807) is 18.2 Å². The molecule has 1 aromatic carbocycles. The third kappa shape index (κ3) is 4.00. The van der Waals surface area contributed by atoms with Crippen LogP contribution in [0.4, 0.5) is 5.69 Å². The van der Waals surface area contributed by atoms with Crippen LogP contribution in [0.25, 0.3) is 0 Å². The van der Waals surface area contributed by atoms with Crippen LogP contribution in [0.15, 0.2) is 24.3 Å². The first-order chi connectivity index (χ1) is 7.61. The number of likely N-dealkylation sites (N-methyl/N-ethyl adjacent to an activating group) is 1. The summed E-state index contributed by atoms with van der Waals surface area (Å²) in [5, 5.41) is 4.93. The largest absolute Gasteiger partial charge is 0.399 e. The Hall–Kier alpha value is -2.04. The van der Waals surface area contributed by atoms with Gasteiger partial charge in [0.2, 0.25) is 11.8 Å². The lowest BCUT2D eigenvalue weighted by molar-refractivity contribution is -0.125. The first-order valence-corrected chi connectivity index (χ1v) is 4.93. The van der Waals surface area contributed by atoms with Crippen LogP contribution in [-0.4, -0.2) is 25.4 Å². The maximum absolute atomic E-state index is 11.4. The highest BCUT2D eigenvalue weighted by atomic mass is 16.2. The molecule has 4 N–H and O–H groups in total. The van der Waals surface area contributed by atoms with Crippen molar-refractivity contribution in [2.45, 2.75) is 6.42 Å². The molecule has 0 atom stereocenters. The molecule has 0 aliphatic carbocycles. The molecule has 5 heteroatoms. The third-order valence-corrected chi connectivity index (χ3v) is 2.04. The number of nitrogens with two attached hydrogens (primary N) is 1. The molecule has 0 aliphatic rings. The molecule has 0 aliphatic heterocycles. The molecule has 5 nitrogen and oxygen atoms in total. The summed E-state index contributed by atoms with van der Waals surface area (Å²) in [4.78, 5) is 22.3. The Morgan fingerprint density at radius 1 is 1.31 bits per heavy atom. The van der Waals surface area contributed by atoms with Gasteiger partial charge in [0.25, 0.3) is 0 Å². The minimum Gasteiger partial charge on any atom is -0.399 e. The summed E-state index contributed by atoms with van der Waals surface area (Å²) in [6.07, 6.45) is 0.224. The Morgan fingerprint density at radius 3 is 2.69 bits per heavy atom. The zero-order valence-corrected chi connectivity index (χ0v) is 9.12. The van der Waals surface area contributed by atoms with E-state index in [1.165, 1.54) is 7.05 Å². The van der Waals surface area contributed by atoms with Crippen molar-refractivity contribution < 1.29 is 9.59 Å². The van der Waals surface area contributed by atoms with Gasteiger partial charge >= 0.3 is 0 Å². The number of rotatable bonds is 4. The van der Waals surface area contributed by atoms with Gasteiger partial charge in [-0.25, -0.2) is 0 Å². The summed E-state index contributed by atoms with van der Waals surface area (Å²) >= 11 is 0. The summed E-state index contributed by atoms with van der Waals surface area (Å²) in [5.74, 6) is -0.421. The minimum absolute atomic E-state index is 0.00233. The molecule has 1 rings (SSSR count). The lowest BCUT2D eigenvalue weighted by Crippen LogP contribution is -2.35. The standard InChI is InChI=1S/C11H15N3O2/c1-13-11(16)7-14-10(15)6-8-3-2-4-9(12)5-8/h2-5H,6-7,12H2,1H3,(H,13,16)(H,14,15). The van der Waals surface area contributed by atoms with Gasteiger partial charge in [-0.1, -0.05) is 12.1 Å². The molecule has 0 saturated carbocycles. The number of benzene rings is 1. The van der Waals surface area contributed by atoms with E-state index in [-0.39, 0.29) is 24.8 Å². The van der Waals surface area contributed by atoms with E-state index >= 15 is 0 Å². The Labute approximate surface area is 94.0 Å².